The van der Waals surface area contributed by atoms with Gasteiger partial charge in [-0.2, -0.15) is 11.8 Å². The highest BCUT2D eigenvalue weighted by atomic mass is 32.2. The van der Waals surface area contributed by atoms with Crippen LogP contribution < -0.4 is 10.6 Å². The zero-order valence-corrected chi connectivity index (χ0v) is 10.8. The van der Waals surface area contributed by atoms with E-state index in [4.69, 9.17) is 5.73 Å². The van der Waals surface area contributed by atoms with Crippen LogP contribution in [0, 0.1) is 6.92 Å². The highest BCUT2D eigenvalue weighted by molar-refractivity contribution is 8.00. The number of aryl methyl sites for hydroxylation is 1. The second-order valence-corrected chi connectivity index (χ2v) is 6.44. The molecule has 3 nitrogen and oxygen atoms in total. The van der Waals surface area contributed by atoms with E-state index < -0.39 is 0 Å². The maximum atomic E-state index is 5.67. The molecule has 1 aromatic rings. The van der Waals surface area contributed by atoms with Crippen molar-refractivity contribution in [2.24, 2.45) is 5.73 Å². The molecule has 0 spiro atoms. The Morgan fingerprint density at radius 2 is 2.40 bits per heavy atom. The van der Waals surface area contributed by atoms with Crippen molar-refractivity contribution in [1.82, 2.24) is 4.98 Å². The highest BCUT2D eigenvalue weighted by Crippen LogP contribution is 2.29. The van der Waals surface area contributed by atoms with E-state index >= 15 is 0 Å². The summed E-state index contributed by atoms with van der Waals surface area (Å²) in [7, 11) is 0. The third kappa shape index (κ3) is 2.46. The fourth-order valence-electron chi connectivity index (χ4n) is 1.73. The van der Waals surface area contributed by atoms with Crippen molar-refractivity contribution < 1.29 is 0 Å². The molecule has 0 bridgehead atoms. The summed E-state index contributed by atoms with van der Waals surface area (Å²) in [6, 6.07) is 0. The number of thioether (sulfide) groups is 1. The van der Waals surface area contributed by atoms with Crippen molar-refractivity contribution in [1.29, 1.82) is 0 Å². The molecule has 1 fully saturated rings. The van der Waals surface area contributed by atoms with Gasteiger partial charge >= 0.3 is 0 Å². The van der Waals surface area contributed by atoms with Crippen LogP contribution in [-0.2, 0) is 6.54 Å². The minimum atomic E-state index is 0.613. The summed E-state index contributed by atoms with van der Waals surface area (Å²) in [6.45, 7) is 7.17. The maximum Gasteiger partial charge on any atom is 0.185 e. The predicted molar refractivity (Wildman–Crippen MR) is 68.9 cm³/mol. The summed E-state index contributed by atoms with van der Waals surface area (Å²) >= 11 is 3.79. The van der Waals surface area contributed by atoms with Gasteiger partial charge in [-0.05, 0) is 6.92 Å². The van der Waals surface area contributed by atoms with Gasteiger partial charge in [0.05, 0.1) is 5.69 Å². The van der Waals surface area contributed by atoms with Gasteiger partial charge in [0.2, 0.25) is 0 Å². The van der Waals surface area contributed by atoms with Crippen LogP contribution in [0.2, 0.25) is 0 Å². The lowest BCUT2D eigenvalue weighted by Gasteiger charge is -2.30. The average molecular weight is 243 g/mol. The largest absolute Gasteiger partial charge is 0.346 e. The van der Waals surface area contributed by atoms with Crippen molar-refractivity contribution in [3.63, 3.8) is 0 Å². The summed E-state index contributed by atoms with van der Waals surface area (Å²) in [4.78, 5) is 8.20. The van der Waals surface area contributed by atoms with Gasteiger partial charge in [0.15, 0.2) is 5.13 Å². The third-order valence-corrected chi connectivity index (χ3v) is 4.96. The first-order chi connectivity index (χ1) is 7.20. The number of hydrogen-bond acceptors (Lipinski definition) is 5. The normalized spacial score (nSPS) is 22.1. The SMILES string of the molecule is Cc1nc(N2CCSC(C)C2)sc1CN. The molecule has 2 N–H and O–H groups in total. The summed E-state index contributed by atoms with van der Waals surface area (Å²) in [6.07, 6.45) is 0. The summed E-state index contributed by atoms with van der Waals surface area (Å²) in [5.74, 6) is 1.21. The van der Waals surface area contributed by atoms with Crippen molar-refractivity contribution in [2.45, 2.75) is 25.6 Å². The molecule has 1 unspecified atom stereocenters. The van der Waals surface area contributed by atoms with E-state index in [9.17, 15) is 0 Å². The molecule has 84 valence electrons. The third-order valence-electron chi connectivity index (χ3n) is 2.58. The van der Waals surface area contributed by atoms with Crippen LogP contribution in [0.15, 0.2) is 0 Å². The standard InChI is InChI=1S/C10H17N3S2/c1-7-6-13(3-4-14-7)10-12-8(2)9(5-11)15-10/h7H,3-6,11H2,1-2H3. The van der Waals surface area contributed by atoms with Crippen LogP contribution in [0.4, 0.5) is 5.13 Å². The zero-order chi connectivity index (χ0) is 10.8. The molecular weight excluding hydrogens is 226 g/mol. The minimum Gasteiger partial charge on any atom is -0.346 e. The molecular formula is C10H17N3S2. The molecule has 0 radical (unpaired) electrons. The Morgan fingerprint density at radius 3 is 3.00 bits per heavy atom. The Hall–Kier alpha value is -0.260. The first kappa shape index (κ1) is 11.2. The highest BCUT2D eigenvalue weighted by Gasteiger charge is 2.20. The molecule has 1 saturated heterocycles. The van der Waals surface area contributed by atoms with Crippen LogP contribution in [0.5, 0.6) is 0 Å². The lowest BCUT2D eigenvalue weighted by Crippen LogP contribution is -2.36. The van der Waals surface area contributed by atoms with Crippen LogP contribution in [-0.4, -0.2) is 29.1 Å². The predicted octanol–water partition coefficient (Wildman–Crippen LogP) is 1.85. The Morgan fingerprint density at radius 1 is 1.60 bits per heavy atom. The smallest absolute Gasteiger partial charge is 0.185 e. The fraction of sp³-hybridized carbons (Fsp3) is 0.700. The number of nitrogens with two attached hydrogens (primary N) is 1. The maximum absolute atomic E-state index is 5.67. The minimum absolute atomic E-state index is 0.613. The van der Waals surface area contributed by atoms with E-state index in [1.165, 1.54) is 10.6 Å². The summed E-state index contributed by atoms with van der Waals surface area (Å²) in [5.41, 5.74) is 6.77. The topological polar surface area (TPSA) is 42.2 Å². The summed E-state index contributed by atoms with van der Waals surface area (Å²) < 4.78 is 0. The first-order valence-electron chi connectivity index (χ1n) is 5.23. The fourth-order valence-corrected chi connectivity index (χ4v) is 3.72. The van der Waals surface area contributed by atoms with Gasteiger partial charge in [-0.15, -0.1) is 11.3 Å². The van der Waals surface area contributed by atoms with Crippen molar-refractivity contribution in [2.75, 3.05) is 23.7 Å². The molecule has 0 amide bonds. The van der Waals surface area contributed by atoms with Gasteiger partial charge in [0.1, 0.15) is 0 Å². The quantitative estimate of drug-likeness (QED) is 0.861. The second-order valence-electron chi connectivity index (χ2n) is 3.84. The molecule has 1 aliphatic rings. The lowest BCUT2D eigenvalue weighted by atomic mass is 10.4. The number of hydrogen-bond donors (Lipinski definition) is 1. The monoisotopic (exact) mass is 243 g/mol. The molecule has 1 atom stereocenters. The first-order valence-corrected chi connectivity index (χ1v) is 7.10. The lowest BCUT2D eigenvalue weighted by molar-refractivity contribution is 0.778. The van der Waals surface area contributed by atoms with E-state index in [-0.39, 0.29) is 0 Å². The molecule has 1 aromatic heterocycles. The van der Waals surface area contributed by atoms with E-state index in [1.807, 2.05) is 18.7 Å². The van der Waals surface area contributed by atoms with E-state index in [0.29, 0.717) is 11.8 Å². The van der Waals surface area contributed by atoms with Gasteiger partial charge < -0.3 is 10.6 Å². The Balaban J connectivity index is 2.14. The number of thiazole rings is 1. The Kier molecular flexibility index (Phi) is 3.53. The number of rotatable bonds is 2. The van der Waals surface area contributed by atoms with E-state index in [2.05, 4.69) is 16.8 Å². The van der Waals surface area contributed by atoms with Crippen LogP contribution in [0.25, 0.3) is 0 Å². The van der Waals surface area contributed by atoms with Crippen molar-refractivity contribution >= 4 is 28.2 Å². The molecule has 2 heterocycles. The summed E-state index contributed by atoms with van der Waals surface area (Å²) in [5, 5.41) is 1.87. The van der Waals surface area contributed by atoms with Crippen LogP contribution in [0.1, 0.15) is 17.5 Å². The number of anilines is 1. The molecule has 0 saturated carbocycles. The number of nitrogens with zero attached hydrogens (tertiary/aromatic N) is 2. The van der Waals surface area contributed by atoms with Gasteiger partial charge in [-0.25, -0.2) is 4.98 Å². The van der Waals surface area contributed by atoms with Gasteiger partial charge in [0, 0.05) is 35.5 Å². The second kappa shape index (κ2) is 4.72. The van der Waals surface area contributed by atoms with Gasteiger partial charge in [0.25, 0.3) is 0 Å². The average Bonchev–Trinajstić information content (AvgIpc) is 2.60. The molecule has 2 rings (SSSR count). The van der Waals surface area contributed by atoms with E-state index in [1.54, 1.807) is 11.3 Å². The van der Waals surface area contributed by atoms with Crippen molar-refractivity contribution in [3.05, 3.63) is 10.6 Å². The van der Waals surface area contributed by atoms with Gasteiger partial charge in [-0.3, -0.25) is 0 Å². The molecule has 15 heavy (non-hydrogen) atoms. The van der Waals surface area contributed by atoms with Crippen molar-refractivity contribution in [3.8, 4) is 0 Å². The zero-order valence-electron chi connectivity index (χ0n) is 9.19. The van der Waals surface area contributed by atoms with Crippen LogP contribution in [0.3, 0.4) is 0 Å². The van der Waals surface area contributed by atoms with E-state index in [0.717, 1.165) is 23.9 Å². The van der Waals surface area contributed by atoms with Crippen LogP contribution >= 0.6 is 23.1 Å². The number of aromatic nitrogens is 1. The Labute approximate surface area is 99.1 Å². The molecule has 1 aliphatic heterocycles. The molecule has 5 heteroatoms. The molecule has 0 aliphatic carbocycles. The molecule has 0 aromatic carbocycles. The Bertz CT molecular complexity index is 337. The van der Waals surface area contributed by atoms with Gasteiger partial charge in [-0.1, -0.05) is 6.92 Å².